The fourth-order valence-electron chi connectivity index (χ4n) is 3.65. The van der Waals surface area contributed by atoms with E-state index >= 15 is 0 Å². The van der Waals surface area contributed by atoms with Crippen LogP contribution in [0.5, 0.6) is 0 Å². The quantitative estimate of drug-likeness (QED) is 0.455. The van der Waals surface area contributed by atoms with Gasteiger partial charge in [-0.2, -0.15) is 0 Å². The number of rotatable bonds is 1. The van der Waals surface area contributed by atoms with E-state index < -0.39 is 0 Å². The summed E-state index contributed by atoms with van der Waals surface area (Å²) in [7, 11) is 0. The van der Waals surface area contributed by atoms with Crippen LogP contribution in [0.4, 0.5) is 11.5 Å². The van der Waals surface area contributed by atoms with E-state index in [1.165, 1.54) is 27.4 Å². The van der Waals surface area contributed by atoms with E-state index in [-0.39, 0.29) is 0 Å². The minimum Gasteiger partial charge on any atom is -0.325 e. The number of fused-ring (bicyclic) bond motifs is 4. The number of benzene rings is 3. The maximum absolute atomic E-state index is 5.01. The molecule has 0 saturated heterocycles. The number of pyridine rings is 1. The van der Waals surface area contributed by atoms with Crippen LogP contribution in [0.25, 0.3) is 21.7 Å². The van der Waals surface area contributed by atoms with Gasteiger partial charge in [-0.05, 0) is 29.5 Å². The van der Waals surface area contributed by atoms with E-state index in [0.717, 1.165) is 24.3 Å². The monoisotopic (exact) mass is 296 g/mol. The number of hydrogen-bond acceptors (Lipinski definition) is 2. The van der Waals surface area contributed by atoms with Gasteiger partial charge in [-0.25, -0.2) is 4.98 Å². The topological polar surface area (TPSA) is 16.1 Å². The van der Waals surface area contributed by atoms with Gasteiger partial charge in [0.1, 0.15) is 5.82 Å². The average molecular weight is 296 g/mol. The first-order valence-corrected chi connectivity index (χ1v) is 8.05. The first-order valence-electron chi connectivity index (χ1n) is 8.05. The smallest absolute Gasteiger partial charge is 0.141 e. The number of hydrogen-bond donors (Lipinski definition) is 0. The van der Waals surface area contributed by atoms with Crippen molar-refractivity contribution in [3.05, 3.63) is 78.4 Å². The molecule has 0 atom stereocenters. The van der Waals surface area contributed by atoms with E-state index in [4.69, 9.17) is 4.98 Å². The molecule has 0 saturated carbocycles. The Bertz CT molecular complexity index is 1040. The average Bonchev–Trinajstić information content (AvgIpc) is 3.05. The summed E-state index contributed by atoms with van der Waals surface area (Å²) in [4.78, 5) is 7.38. The van der Waals surface area contributed by atoms with Crippen LogP contribution in [-0.2, 0) is 6.42 Å². The summed E-state index contributed by atoms with van der Waals surface area (Å²) in [5, 5.41) is 3.72. The van der Waals surface area contributed by atoms with Crippen LogP contribution >= 0.6 is 0 Å². The molecule has 2 heterocycles. The lowest BCUT2D eigenvalue weighted by Gasteiger charge is -2.21. The molecule has 1 aromatic heterocycles. The van der Waals surface area contributed by atoms with Crippen LogP contribution in [-0.4, -0.2) is 11.5 Å². The molecular weight excluding hydrogens is 280 g/mol. The maximum Gasteiger partial charge on any atom is 0.141 e. The summed E-state index contributed by atoms with van der Waals surface area (Å²) < 4.78 is 0. The van der Waals surface area contributed by atoms with Gasteiger partial charge in [0.05, 0.1) is 5.52 Å². The van der Waals surface area contributed by atoms with Gasteiger partial charge in [-0.3, -0.25) is 0 Å². The van der Waals surface area contributed by atoms with E-state index in [9.17, 15) is 0 Å². The van der Waals surface area contributed by atoms with Crippen LogP contribution in [0, 0.1) is 0 Å². The Morgan fingerprint density at radius 1 is 0.696 bits per heavy atom. The third-order valence-electron chi connectivity index (χ3n) is 4.73. The van der Waals surface area contributed by atoms with Gasteiger partial charge in [0.15, 0.2) is 0 Å². The zero-order valence-electron chi connectivity index (χ0n) is 12.7. The Balaban J connectivity index is 1.84. The summed E-state index contributed by atoms with van der Waals surface area (Å²) in [6, 6.07) is 25.7. The first kappa shape index (κ1) is 12.7. The van der Waals surface area contributed by atoms with Crippen molar-refractivity contribution in [2.24, 2.45) is 0 Å². The van der Waals surface area contributed by atoms with E-state index in [2.05, 4.69) is 77.7 Å². The summed E-state index contributed by atoms with van der Waals surface area (Å²) in [5.41, 5.74) is 3.76. The molecule has 0 unspecified atom stereocenters. The number of aromatic nitrogens is 1. The van der Waals surface area contributed by atoms with Crippen molar-refractivity contribution in [2.75, 3.05) is 11.4 Å². The number of anilines is 2. The largest absolute Gasteiger partial charge is 0.325 e. The molecule has 0 fully saturated rings. The summed E-state index contributed by atoms with van der Waals surface area (Å²) >= 11 is 0. The van der Waals surface area contributed by atoms with Crippen molar-refractivity contribution >= 4 is 33.2 Å². The van der Waals surface area contributed by atoms with Crippen LogP contribution < -0.4 is 4.90 Å². The second-order valence-electron chi connectivity index (χ2n) is 6.03. The number of para-hydroxylation sites is 2. The lowest BCUT2D eigenvalue weighted by atomic mass is 10.1. The lowest BCUT2D eigenvalue weighted by molar-refractivity contribution is 0.985. The zero-order valence-corrected chi connectivity index (χ0v) is 12.7. The third-order valence-corrected chi connectivity index (χ3v) is 4.73. The zero-order chi connectivity index (χ0) is 15.2. The van der Waals surface area contributed by atoms with Gasteiger partial charge >= 0.3 is 0 Å². The van der Waals surface area contributed by atoms with Crippen molar-refractivity contribution in [3.8, 4) is 0 Å². The van der Waals surface area contributed by atoms with Crippen molar-refractivity contribution in [1.29, 1.82) is 0 Å². The third kappa shape index (κ3) is 1.85. The Morgan fingerprint density at radius 3 is 2.30 bits per heavy atom. The second-order valence-corrected chi connectivity index (χ2v) is 6.03. The predicted octanol–water partition coefficient (Wildman–Crippen LogP) is 5.08. The minimum atomic E-state index is 0.995. The SMILES string of the molecule is c1ccc2c(c1)CCN2c1nc2ccccc2c2ccccc12. The van der Waals surface area contributed by atoms with E-state index in [0.29, 0.717) is 0 Å². The lowest BCUT2D eigenvalue weighted by Crippen LogP contribution is -2.15. The number of nitrogens with zero attached hydrogens (tertiary/aromatic N) is 2. The Labute approximate surface area is 135 Å². The predicted molar refractivity (Wildman–Crippen MR) is 96.4 cm³/mol. The minimum absolute atomic E-state index is 0.995. The summed E-state index contributed by atoms with van der Waals surface area (Å²) in [6.45, 7) is 0.995. The molecule has 1 aliphatic rings. The second kappa shape index (κ2) is 4.82. The molecule has 4 aromatic rings. The van der Waals surface area contributed by atoms with Gasteiger partial charge < -0.3 is 4.90 Å². The molecule has 0 spiro atoms. The highest BCUT2D eigenvalue weighted by Crippen LogP contribution is 2.38. The summed E-state index contributed by atoms with van der Waals surface area (Å²) in [6.07, 6.45) is 1.08. The van der Waals surface area contributed by atoms with Crippen LogP contribution in [0.3, 0.4) is 0 Å². The van der Waals surface area contributed by atoms with Gasteiger partial charge in [0.25, 0.3) is 0 Å². The van der Waals surface area contributed by atoms with Crippen molar-refractivity contribution in [1.82, 2.24) is 4.98 Å². The Hall–Kier alpha value is -2.87. The Morgan fingerprint density at radius 2 is 1.39 bits per heavy atom. The highest BCUT2D eigenvalue weighted by atomic mass is 15.2. The summed E-state index contributed by atoms with van der Waals surface area (Å²) in [5.74, 6) is 1.07. The highest BCUT2D eigenvalue weighted by molar-refractivity contribution is 6.10. The van der Waals surface area contributed by atoms with Gasteiger partial charge in [-0.15, -0.1) is 0 Å². The molecule has 23 heavy (non-hydrogen) atoms. The van der Waals surface area contributed by atoms with Crippen molar-refractivity contribution < 1.29 is 0 Å². The van der Waals surface area contributed by atoms with Crippen molar-refractivity contribution in [3.63, 3.8) is 0 Å². The van der Waals surface area contributed by atoms with Crippen LogP contribution in [0.2, 0.25) is 0 Å². The molecule has 0 bridgehead atoms. The molecule has 2 heteroatoms. The molecule has 5 rings (SSSR count). The normalized spacial score (nSPS) is 13.7. The molecule has 0 N–H and O–H groups in total. The molecule has 1 aliphatic heterocycles. The Kier molecular flexibility index (Phi) is 2.65. The molecule has 2 nitrogen and oxygen atoms in total. The molecule has 110 valence electrons. The molecule has 0 amide bonds. The van der Waals surface area contributed by atoms with Gasteiger partial charge in [-0.1, -0.05) is 60.7 Å². The van der Waals surface area contributed by atoms with E-state index in [1.54, 1.807) is 0 Å². The van der Waals surface area contributed by atoms with Crippen LogP contribution in [0.1, 0.15) is 5.56 Å². The van der Waals surface area contributed by atoms with Gasteiger partial charge in [0, 0.05) is 23.0 Å². The van der Waals surface area contributed by atoms with Crippen LogP contribution in [0.15, 0.2) is 72.8 Å². The van der Waals surface area contributed by atoms with Crippen molar-refractivity contribution in [2.45, 2.75) is 6.42 Å². The molecular formula is C21H16N2. The van der Waals surface area contributed by atoms with Gasteiger partial charge in [0.2, 0.25) is 0 Å². The first-order chi connectivity index (χ1) is 11.4. The molecule has 0 aliphatic carbocycles. The molecule has 3 aromatic carbocycles. The molecule has 0 radical (unpaired) electrons. The van der Waals surface area contributed by atoms with E-state index in [1.807, 2.05) is 0 Å². The fourth-order valence-corrected chi connectivity index (χ4v) is 3.65. The maximum atomic E-state index is 5.01. The highest BCUT2D eigenvalue weighted by Gasteiger charge is 2.23. The standard InChI is InChI=1S/C21H16N2/c1-6-12-20-15(7-1)13-14-23(20)21-18-10-3-2-8-16(18)17-9-4-5-11-19(17)22-21/h1-12H,13-14H2. The fraction of sp³-hybridized carbons (Fsp3) is 0.0952.